The molecule has 1 aliphatic rings. The molecule has 1 aromatic carbocycles. The molecule has 0 atom stereocenters. The lowest BCUT2D eigenvalue weighted by Crippen LogP contribution is -2.33. The summed E-state index contributed by atoms with van der Waals surface area (Å²) in [7, 11) is 0. The quantitative estimate of drug-likeness (QED) is 0.616. The number of hydrogen-bond donors (Lipinski definition) is 0. The summed E-state index contributed by atoms with van der Waals surface area (Å²) in [5.41, 5.74) is 0.994. The van der Waals surface area contributed by atoms with Crippen molar-refractivity contribution in [3.05, 3.63) is 38.3 Å². The average Bonchev–Trinajstić information content (AvgIpc) is 2.66. The number of hydrogen-bond acceptors (Lipinski definition) is 4. The van der Waals surface area contributed by atoms with Gasteiger partial charge in [0.25, 0.3) is 5.69 Å². The summed E-state index contributed by atoms with van der Waals surface area (Å²) >= 11 is 3.33. The first-order valence-electron chi connectivity index (χ1n) is 6.88. The van der Waals surface area contributed by atoms with Crippen LogP contribution in [0.25, 0.3) is 0 Å². The fraction of sp³-hybridized carbons (Fsp3) is 0.500. The normalized spacial score (nSPS) is 16.6. The Bertz CT molecular complexity index is 550. The van der Waals surface area contributed by atoms with Crippen LogP contribution in [0.3, 0.4) is 0 Å². The largest absolute Gasteiger partial charge is 0.342 e. The summed E-state index contributed by atoms with van der Waals surface area (Å²) < 4.78 is 0.544. The lowest BCUT2D eigenvalue weighted by atomic mass is 10.2. The van der Waals surface area contributed by atoms with Gasteiger partial charge in [0.05, 0.1) is 9.40 Å². The molecule has 0 radical (unpaired) electrons. The molecule has 1 saturated heterocycles. The number of nitro benzene ring substituents is 1. The molecular formula is C14H18BrN3O3. The van der Waals surface area contributed by atoms with Crippen molar-refractivity contribution in [2.45, 2.75) is 19.9 Å². The van der Waals surface area contributed by atoms with Gasteiger partial charge in [0.2, 0.25) is 5.91 Å². The second kappa shape index (κ2) is 7.00. The number of halogens is 1. The highest BCUT2D eigenvalue weighted by atomic mass is 79.9. The zero-order valence-corrected chi connectivity index (χ0v) is 13.5. The highest BCUT2D eigenvalue weighted by Gasteiger charge is 2.20. The van der Waals surface area contributed by atoms with Gasteiger partial charge in [0.15, 0.2) is 0 Å². The van der Waals surface area contributed by atoms with Crippen molar-refractivity contribution in [2.24, 2.45) is 0 Å². The molecule has 0 spiro atoms. The predicted molar refractivity (Wildman–Crippen MR) is 82.9 cm³/mol. The Hall–Kier alpha value is -1.47. The molecule has 0 N–H and O–H groups in total. The first-order chi connectivity index (χ1) is 9.99. The van der Waals surface area contributed by atoms with Gasteiger partial charge in [-0.15, -0.1) is 0 Å². The van der Waals surface area contributed by atoms with E-state index in [4.69, 9.17) is 0 Å². The standard InChI is InChI=1S/C14H18BrN3O3/c1-11(19)17-7-3-6-16(8-9-17)10-12-4-2-5-13(14(12)15)18(20)21/h2,4-5H,3,6-10H2,1H3. The van der Waals surface area contributed by atoms with Gasteiger partial charge in [-0.25, -0.2) is 0 Å². The molecule has 1 aliphatic heterocycles. The van der Waals surface area contributed by atoms with Gasteiger partial charge in [-0.05, 0) is 27.9 Å². The molecule has 0 unspecified atom stereocenters. The topological polar surface area (TPSA) is 66.7 Å². The van der Waals surface area contributed by atoms with Crippen LogP contribution in [-0.2, 0) is 11.3 Å². The lowest BCUT2D eigenvalue weighted by Gasteiger charge is -2.21. The number of benzene rings is 1. The van der Waals surface area contributed by atoms with Crippen molar-refractivity contribution in [2.75, 3.05) is 26.2 Å². The highest BCUT2D eigenvalue weighted by molar-refractivity contribution is 9.10. The van der Waals surface area contributed by atoms with E-state index in [1.165, 1.54) is 6.07 Å². The molecule has 21 heavy (non-hydrogen) atoms. The minimum atomic E-state index is -0.381. The van der Waals surface area contributed by atoms with Crippen LogP contribution in [-0.4, -0.2) is 46.8 Å². The molecule has 2 rings (SSSR count). The Kier molecular flexibility index (Phi) is 5.30. The molecule has 0 aliphatic carbocycles. The third-order valence-electron chi connectivity index (χ3n) is 3.68. The monoisotopic (exact) mass is 355 g/mol. The molecule has 6 nitrogen and oxygen atoms in total. The van der Waals surface area contributed by atoms with Gasteiger partial charge >= 0.3 is 0 Å². The van der Waals surface area contributed by atoms with Gasteiger partial charge in [0.1, 0.15) is 0 Å². The van der Waals surface area contributed by atoms with Crippen molar-refractivity contribution in [1.82, 2.24) is 9.80 Å². The molecule has 1 fully saturated rings. The zero-order chi connectivity index (χ0) is 15.4. The fourth-order valence-corrected chi connectivity index (χ4v) is 3.05. The molecule has 114 valence electrons. The van der Waals surface area contributed by atoms with Crippen LogP contribution in [0.5, 0.6) is 0 Å². The SMILES string of the molecule is CC(=O)N1CCCN(Cc2cccc([N+](=O)[O-])c2Br)CC1. The first-order valence-corrected chi connectivity index (χ1v) is 7.68. The van der Waals surface area contributed by atoms with E-state index in [0.29, 0.717) is 17.6 Å². The van der Waals surface area contributed by atoms with E-state index < -0.39 is 0 Å². The molecule has 0 bridgehead atoms. The van der Waals surface area contributed by atoms with Gasteiger partial charge in [-0.3, -0.25) is 19.8 Å². The highest BCUT2D eigenvalue weighted by Crippen LogP contribution is 2.29. The van der Waals surface area contributed by atoms with Crippen molar-refractivity contribution in [3.8, 4) is 0 Å². The summed E-state index contributed by atoms with van der Waals surface area (Å²) in [5, 5.41) is 11.0. The molecule has 0 aromatic heterocycles. The summed E-state index contributed by atoms with van der Waals surface area (Å²) in [6, 6.07) is 5.09. The molecular weight excluding hydrogens is 338 g/mol. The lowest BCUT2D eigenvalue weighted by molar-refractivity contribution is -0.385. The Morgan fingerprint density at radius 3 is 2.76 bits per heavy atom. The van der Waals surface area contributed by atoms with Crippen molar-refractivity contribution >= 4 is 27.5 Å². The Morgan fingerprint density at radius 1 is 1.33 bits per heavy atom. The Labute approximate surface area is 132 Å². The first kappa shape index (κ1) is 15.9. The van der Waals surface area contributed by atoms with Crippen molar-refractivity contribution < 1.29 is 9.72 Å². The maximum Gasteiger partial charge on any atom is 0.283 e. The molecule has 1 amide bonds. The van der Waals surface area contributed by atoms with Crippen LogP contribution in [0, 0.1) is 10.1 Å². The van der Waals surface area contributed by atoms with Crippen molar-refractivity contribution in [3.63, 3.8) is 0 Å². The summed E-state index contributed by atoms with van der Waals surface area (Å²) in [6.07, 6.45) is 0.923. The van der Waals surface area contributed by atoms with Gasteiger partial charge < -0.3 is 4.90 Å². The smallest absolute Gasteiger partial charge is 0.283 e. The zero-order valence-electron chi connectivity index (χ0n) is 11.9. The minimum Gasteiger partial charge on any atom is -0.342 e. The molecule has 7 heteroatoms. The van der Waals surface area contributed by atoms with E-state index in [1.54, 1.807) is 13.0 Å². The van der Waals surface area contributed by atoms with E-state index >= 15 is 0 Å². The van der Waals surface area contributed by atoms with Gasteiger partial charge in [-0.1, -0.05) is 12.1 Å². The number of carbonyl (C=O) groups is 1. The third kappa shape index (κ3) is 4.01. The number of nitro groups is 1. The minimum absolute atomic E-state index is 0.0904. The average molecular weight is 356 g/mol. The van der Waals surface area contributed by atoms with E-state index in [1.807, 2.05) is 11.0 Å². The molecule has 0 saturated carbocycles. The number of nitrogens with zero attached hydrogens (tertiary/aromatic N) is 3. The van der Waals surface area contributed by atoms with Crippen molar-refractivity contribution in [1.29, 1.82) is 0 Å². The fourth-order valence-electron chi connectivity index (χ4n) is 2.51. The van der Waals surface area contributed by atoms with Crippen LogP contribution in [0.1, 0.15) is 18.9 Å². The Morgan fingerprint density at radius 2 is 2.10 bits per heavy atom. The maximum atomic E-state index is 11.4. The second-order valence-electron chi connectivity index (χ2n) is 5.14. The van der Waals surface area contributed by atoms with Crippen LogP contribution in [0.4, 0.5) is 5.69 Å². The van der Waals surface area contributed by atoms with Crippen LogP contribution < -0.4 is 0 Å². The number of rotatable bonds is 3. The Balaban J connectivity index is 2.07. The van der Waals surface area contributed by atoms with E-state index in [0.717, 1.165) is 31.6 Å². The van der Waals surface area contributed by atoms with Gasteiger partial charge in [-0.2, -0.15) is 0 Å². The van der Waals surface area contributed by atoms with E-state index in [9.17, 15) is 14.9 Å². The van der Waals surface area contributed by atoms with Crippen LogP contribution >= 0.6 is 15.9 Å². The molecule has 1 heterocycles. The molecule has 1 aromatic rings. The van der Waals surface area contributed by atoms with Crippen LogP contribution in [0.15, 0.2) is 22.7 Å². The van der Waals surface area contributed by atoms with E-state index in [2.05, 4.69) is 20.8 Å². The van der Waals surface area contributed by atoms with Gasteiger partial charge in [0, 0.05) is 45.7 Å². The predicted octanol–water partition coefficient (Wildman–Crippen LogP) is 2.41. The maximum absolute atomic E-state index is 11.4. The summed E-state index contributed by atoms with van der Waals surface area (Å²) in [6.45, 7) is 5.40. The summed E-state index contributed by atoms with van der Waals surface area (Å²) in [5.74, 6) is 0.105. The number of amides is 1. The van der Waals surface area contributed by atoms with Crippen LogP contribution in [0.2, 0.25) is 0 Å². The number of carbonyl (C=O) groups excluding carboxylic acids is 1. The summed E-state index contributed by atoms with van der Waals surface area (Å²) in [4.78, 5) is 26.1. The van der Waals surface area contributed by atoms with E-state index in [-0.39, 0.29) is 16.5 Å². The second-order valence-corrected chi connectivity index (χ2v) is 5.94. The third-order valence-corrected chi connectivity index (χ3v) is 4.60.